The molecule has 0 atom stereocenters. The number of carbonyl (C=O) groups is 3. The molecule has 22 nitrogen and oxygen atoms in total. The van der Waals surface area contributed by atoms with Gasteiger partial charge in [0.25, 0.3) is 42.2 Å². The highest BCUT2D eigenvalue weighted by molar-refractivity contribution is 7.86. The van der Waals surface area contributed by atoms with Gasteiger partial charge >= 0.3 is 0 Å². The van der Waals surface area contributed by atoms with Gasteiger partial charge in [-0.3, -0.25) is 33.0 Å². The van der Waals surface area contributed by atoms with Crippen LogP contribution >= 0.6 is 0 Å². The van der Waals surface area contributed by atoms with Crippen molar-refractivity contribution in [1.29, 1.82) is 0 Å². The summed E-state index contributed by atoms with van der Waals surface area (Å²) < 4.78 is 112. The molecule has 0 fully saturated rings. The molecule has 0 aliphatic carbocycles. The van der Waals surface area contributed by atoms with Gasteiger partial charge in [-0.2, -0.15) is 25.3 Å². The van der Waals surface area contributed by atoms with Gasteiger partial charge in [-0.25, -0.2) is 4.58 Å². The Morgan fingerprint density at radius 1 is 0.861 bits per heavy atom. The second-order valence-electron chi connectivity index (χ2n) is 18.7. The lowest BCUT2D eigenvalue weighted by molar-refractivity contribution is -0.116. The van der Waals surface area contributed by atoms with E-state index in [0.29, 0.717) is 44.3 Å². The SMILES string of the molecule is CN(CCS(=O)(=O)O)C(=O)c1cc(C(=O)NCCC(=O)Nc2ccc(CN=[N+]=[N-])nc2)ccc1C1=c2cc3c(cc2Oc2cc4c(cc21)C(CS(=O)(=O)O)=CC(C)(C)N4C)=[N+](C)C(C)(C)C=C3CS(=O)(=O)O. The molecular weight excluding hydrogens is 995 g/mol. The normalized spacial score (nSPS) is 15.6. The number of benzene rings is 3. The molecule has 0 unspecified atom stereocenters. The molecule has 0 radical (unpaired) electrons. The van der Waals surface area contributed by atoms with E-state index in [1.807, 2.05) is 37.2 Å². The topological polar surface area (TPSA) is 319 Å². The lowest BCUT2D eigenvalue weighted by atomic mass is 9.83. The summed E-state index contributed by atoms with van der Waals surface area (Å²) in [6.45, 7) is 6.79. The van der Waals surface area contributed by atoms with Gasteiger partial charge < -0.3 is 25.2 Å². The maximum absolute atomic E-state index is 14.8. The number of pyridine rings is 1. The number of likely N-dealkylation sites (N-methyl/N-ethyl adjacent to an activating group) is 2. The van der Waals surface area contributed by atoms with Gasteiger partial charge in [-0.15, -0.1) is 0 Å². The molecule has 4 aromatic rings. The minimum Gasteiger partial charge on any atom is -0.456 e. The van der Waals surface area contributed by atoms with Crippen LogP contribution in [-0.4, -0.2) is 129 Å². The quantitative estimate of drug-likeness (QED) is 0.0310. The van der Waals surface area contributed by atoms with Gasteiger partial charge in [0, 0.05) is 103 Å². The van der Waals surface area contributed by atoms with E-state index in [1.54, 1.807) is 62.6 Å². The number of fused-ring (bicyclic) bond motifs is 4. The molecule has 0 saturated heterocycles. The van der Waals surface area contributed by atoms with Crippen molar-refractivity contribution < 1.29 is 58.0 Å². The summed E-state index contributed by atoms with van der Waals surface area (Å²) >= 11 is 0. The Balaban J connectivity index is 1.42. The van der Waals surface area contributed by atoms with Crippen LogP contribution in [0.15, 0.2) is 78.1 Å². The van der Waals surface area contributed by atoms with E-state index >= 15 is 0 Å². The van der Waals surface area contributed by atoms with Gasteiger partial charge in [0.2, 0.25) is 11.3 Å². The summed E-state index contributed by atoms with van der Waals surface area (Å²) in [7, 11) is -8.86. The van der Waals surface area contributed by atoms with Crippen LogP contribution in [0.2, 0.25) is 0 Å². The highest BCUT2D eigenvalue weighted by Crippen LogP contribution is 2.47. The number of nitrogens with one attached hydrogen (secondary N) is 2. The maximum atomic E-state index is 14.8. The number of amides is 3. The van der Waals surface area contributed by atoms with Gasteiger partial charge in [-0.1, -0.05) is 17.3 Å². The molecule has 3 aliphatic heterocycles. The van der Waals surface area contributed by atoms with Gasteiger partial charge in [0.05, 0.1) is 41.4 Å². The largest absolute Gasteiger partial charge is 0.456 e. The number of hydrogen-bond acceptors (Lipinski definition) is 13. The Kier molecular flexibility index (Phi) is 14.3. The first-order valence-electron chi connectivity index (χ1n) is 22.1. The van der Waals surface area contributed by atoms with Crippen molar-refractivity contribution >= 4 is 76.2 Å². The van der Waals surface area contributed by atoms with Gasteiger partial charge in [0.15, 0.2) is 5.54 Å². The summed E-state index contributed by atoms with van der Waals surface area (Å²) in [5, 5.41) is 9.59. The molecular formula is C47H52N9O13S3+. The second kappa shape index (κ2) is 19.6. The Morgan fingerprint density at radius 2 is 1.54 bits per heavy atom. The molecule has 1 aromatic heterocycles. The average molecular weight is 1050 g/mol. The molecule has 3 aromatic carbocycles. The zero-order valence-corrected chi connectivity index (χ0v) is 42.6. The Labute approximate surface area is 415 Å². The van der Waals surface area contributed by atoms with E-state index in [1.165, 1.54) is 31.4 Å². The third kappa shape index (κ3) is 11.7. The third-order valence-electron chi connectivity index (χ3n) is 12.7. The Morgan fingerprint density at radius 3 is 2.17 bits per heavy atom. The van der Waals surface area contributed by atoms with E-state index in [-0.39, 0.29) is 64.4 Å². The van der Waals surface area contributed by atoms with Crippen LogP contribution in [0.5, 0.6) is 11.5 Å². The van der Waals surface area contributed by atoms with E-state index in [9.17, 15) is 53.3 Å². The first-order chi connectivity index (χ1) is 33.4. The maximum Gasteiger partial charge on any atom is 0.269 e. The number of hydrogen-bond donors (Lipinski definition) is 5. The predicted octanol–water partition coefficient (Wildman–Crippen LogP) is 3.65. The van der Waals surface area contributed by atoms with Crippen molar-refractivity contribution in [1.82, 2.24) is 19.8 Å². The van der Waals surface area contributed by atoms with E-state index in [2.05, 4.69) is 25.6 Å². The highest BCUT2D eigenvalue weighted by Gasteiger charge is 2.38. The first kappa shape index (κ1) is 52.8. The number of azide groups is 1. The van der Waals surface area contributed by atoms with Crippen LogP contribution in [0.3, 0.4) is 0 Å². The number of carbonyl (C=O) groups excluding carboxylic acids is 3. The standard InChI is InChI=1S/C47H51N9O13S3/c1-46(2)21-28(25-71(63,64)65)33-17-36-40(19-38(33)55(46)6)69-41-20-39-34(29(26-72(66,67)68)22-47(3,4)56(39)7)18-37(41)43(36)32-11-8-27(16-35(32)45(59)54(5)14-15-70(60,61)62)44(58)49-13-12-42(57)52-31-10-9-30(50-23-31)24-51-53-48/h8-11,16-23H,12-15,24-26H2,1-7H3,(H4-,49,52,57,58,60,61,62,63,64,65,66,67,68)/p+1. The summed E-state index contributed by atoms with van der Waals surface area (Å²) in [5.74, 6) is -3.88. The number of rotatable bonds is 16. The number of anilines is 2. The molecule has 380 valence electrons. The molecule has 5 N–H and O–H groups in total. The van der Waals surface area contributed by atoms with E-state index < -0.39 is 83.0 Å². The summed E-state index contributed by atoms with van der Waals surface area (Å²) in [5.41, 5.74) is 10.1. The number of aromatic nitrogens is 1. The highest BCUT2D eigenvalue weighted by atomic mass is 32.2. The smallest absolute Gasteiger partial charge is 0.269 e. The number of ether oxygens (including phenoxy) is 1. The summed E-state index contributed by atoms with van der Waals surface area (Å²) in [6.07, 6.45) is 4.60. The second-order valence-corrected chi connectivity index (χ2v) is 23.2. The summed E-state index contributed by atoms with van der Waals surface area (Å²) in [4.78, 5) is 51.2. The summed E-state index contributed by atoms with van der Waals surface area (Å²) in [6, 6.07) is 14.0. The first-order valence-corrected chi connectivity index (χ1v) is 26.9. The van der Waals surface area contributed by atoms with Crippen molar-refractivity contribution in [3.05, 3.63) is 133 Å². The Bertz CT molecular complexity index is 3570. The monoisotopic (exact) mass is 1050 g/mol. The van der Waals surface area contributed by atoms with Crippen molar-refractivity contribution in [3.63, 3.8) is 0 Å². The zero-order valence-electron chi connectivity index (χ0n) is 40.2. The average Bonchev–Trinajstić information content (AvgIpc) is 3.28. The lowest BCUT2D eigenvalue weighted by Crippen LogP contribution is -2.47. The van der Waals surface area contributed by atoms with Crippen LogP contribution < -0.4 is 35.4 Å². The van der Waals surface area contributed by atoms with Crippen LogP contribution in [-0.2, 0) is 41.7 Å². The minimum atomic E-state index is -4.59. The van der Waals surface area contributed by atoms with Gasteiger partial charge in [0.1, 0.15) is 30.1 Å². The molecule has 0 saturated carbocycles. The third-order valence-corrected chi connectivity index (χ3v) is 14.7. The molecule has 72 heavy (non-hydrogen) atoms. The van der Waals surface area contributed by atoms with Crippen LogP contribution in [0.1, 0.15) is 82.8 Å². The molecule has 7 rings (SSSR count). The molecule has 0 spiro atoms. The predicted molar refractivity (Wildman–Crippen MR) is 269 cm³/mol. The van der Waals surface area contributed by atoms with Crippen molar-refractivity contribution in [3.8, 4) is 11.5 Å². The molecule has 25 heteroatoms. The van der Waals surface area contributed by atoms with Crippen LogP contribution in [0.25, 0.3) is 27.2 Å². The Hall–Kier alpha value is -6.99. The van der Waals surface area contributed by atoms with Crippen molar-refractivity contribution in [2.45, 2.75) is 51.7 Å². The molecule has 3 amide bonds. The molecule has 3 aliphatic rings. The fraction of sp³-hybridized carbons (Fsp3) is 0.340. The molecule has 4 heterocycles. The van der Waals surface area contributed by atoms with Crippen molar-refractivity contribution in [2.24, 2.45) is 5.11 Å². The fourth-order valence-electron chi connectivity index (χ4n) is 8.73. The minimum absolute atomic E-state index is 0.0207. The van der Waals surface area contributed by atoms with Crippen LogP contribution in [0, 0.1) is 0 Å². The van der Waals surface area contributed by atoms with Crippen molar-refractivity contribution in [2.75, 3.05) is 61.7 Å². The molecule has 0 bridgehead atoms. The lowest BCUT2D eigenvalue weighted by Gasteiger charge is -2.41. The van der Waals surface area contributed by atoms with Gasteiger partial charge in [-0.05, 0) is 78.6 Å². The van der Waals surface area contributed by atoms with Crippen LogP contribution in [0.4, 0.5) is 11.4 Å². The number of nitrogens with zero attached hydrogens (tertiary/aromatic N) is 7. The zero-order chi connectivity index (χ0) is 52.9. The van der Waals surface area contributed by atoms with E-state index in [4.69, 9.17) is 10.3 Å². The fourth-order valence-corrected chi connectivity index (χ4v) is 10.5. The van der Waals surface area contributed by atoms with E-state index in [0.717, 1.165) is 4.90 Å².